The van der Waals surface area contributed by atoms with Gasteiger partial charge in [-0.2, -0.15) is 4.98 Å². The summed E-state index contributed by atoms with van der Waals surface area (Å²) in [6.07, 6.45) is 6.09. The van der Waals surface area contributed by atoms with Crippen LogP contribution in [0.3, 0.4) is 0 Å². The highest BCUT2D eigenvalue weighted by atomic mass is 31.2. The molecule has 0 radical (unpaired) electrons. The number of nitrogens with two attached hydrogens (primary N) is 1. The van der Waals surface area contributed by atoms with Gasteiger partial charge >= 0.3 is 0 Å². The number of aromatic amines is 1. The molecule has 2 aromatic heterocycles. The van der Waals surface area contributed by atoms with Crippen LogP contribution >= 0.6 is 7.82 Å². The molecule has 0 bridgehead atoms. The van der Waals surface area contributed by atoms with Gasteiger partial charge in [-0.15, -0.1) is 0 Å². The van der Waals surface area contributed by atoms with Crippen LogP contribution in [0, 0.1) is 0 Å². The van der Waals surface area contributed by atoms with E-state index in [4.69, 9.17) is 20.1 Å². The van der Waals surface area contributed by atoms with E-state index in [1.807, 2.05) is 25.2 Å². The molecule has 8 N–H and O–H groups in total. The number of ether oxygens (including phenoxy) is 2. The number of imidazole rings is 1. The molecule has 2 amide bonds. The third-order valence-electron chi connectivity index (χ3n) is 15.6. The second-order valence-corrected chi connectivity index (χ2v) is 21.8. The van der Waals surface area contributed by atoms with Gasteiger partial charge in [-0.05, 0) is 87.1 Å². The van der Waals surface area contributed by atoms with Crippen molar-refractivity contribution in [1.29, 1.82) is 0 Å². The van der Waals surface area contributed by atoms with Crippen molar-refractivity contribution in [1.82, 2.24) is 34.3 Å². The van der Waals surface area contributed by atoms with Gasteiger partial charge in [-0.25, -0.2) is 9.56 Å². The molecule has 8 heterocycles. The molecule has 1 fully saturated rings. The lowest BCUT2D eigenvalue weighted by Gasteiger charge is -2.39. The Bertz CT molecular complexity index is 3310. The van der Waals surface area contributed by atoms with Gasteiger partial charge < -0.3 is 60.2 Å². The number of fused-ring (bicyclic) bond motifs is 5. The fraction of sp³-hybridized carbons (Fsp3) is 0.509. The first-order valence-electron chi connectivity index (χ1n) is 26.5. The summed E-state index contributed by atoms with van der Waals surface area (Å²) in [5.74, 6) is 1.59. The number of benzene rings is 3. The molecule has 6 aliphatic rings. The Morgan fingerprint density at radius 3 is 2.51 bits per heavy atom. The van der Waals surface area contributed by atoms with E-state index in [0.717, 1.165) is 130 Å². The second kappa shape index (κ2) is 21.1. The number of nitrogen functional groups attached to an aromatic ring is 1. The maximum atomic E-state index is 14.6. The van der Waals surface area contributed by atoms with Gasteiger partial charge in [-0.1, -0.05) is 31.0 Å². The summed E-state index contributed by atoms with van der Waals surface area (Å²) in [6.45, 7) is 4.75. The quantitative estimate of drug-likeness (QED) is 0.0368. The smallest absolute Gasteiger partial charge is 0.280 e. The normalized spacial score (nSPS) is 21.2. The average molecular weight is 1050 g/mol. The zero-order chi connectivity index (χ0) is 52.1. The van der Waals surface area contributed by atoms with E-state index < -0.39 is 44.5 Å². The Kier molecular flexibility index (Phi) is 14.3. The van der Waals surface area contributed by atoms with Crippen LogP contribution in [0.25, 0.3) is 16.7 Å². The summed E-state index contributed by atoms with van der Waals surface area (Å²) in [5, 5.41) is 30.1. The van der Waals surface area contributed by atoms with Gasteiger partial charge in [0.25, 0.3) is 19.3 Å². The van der Waals surface area contributed by atoms with E-state index >= 15 is 0 Å². The number of H-pyrrole nitrogens is 1. The zero-order valence-electron chi connectivity index (χ0n) is 42.1. The summed E-state index contributed by atoms with van der Waals surface area (Å²) >= 11 is 0. The van der Waals surface area contributed by atoms with Gasteiger partial charge in [0.05, 0.1) is 12.2 Å². The number of rotatable bonds is 18. The molecule has 3 aromatic carbocycles. The Hall–Kier alpha value is -6.19. The first kappa shape index (κ1) is 50.9. The van der Waals surface area contributed by atoms with Crippen LogP contribution in [0.15, 0.2) is 41.2 Å². The summed E-state index contributed by atoms with van der Waals surface area (Å²) in [6, 6.07) is 12.7. The summed E-state index contributed by atoms with van der Waals surface area (Å²) in [5.41, 5.74) is 15.4. The predicted octanol–water partition coefficient (Wildman–Crippen LogP) is 1.87. The Morgan fingerprint density at radius 1 is 0.947 bits per heavy atom. The predicted molar refractivity (Wildman–Crippen MR) is 277 cm³/mol. The number of hydrogen-bond donors (Lipinski definition) is 7. The standard InChI is InChI=1S/C53H65N10O11P/c1-60(22-12-19-39(64)55-20-6-2-3-7-21-56-53-57-41-48(58-52(54)59-49(41)67)63(53)51-45(66)44(65)38(73-51)29-72-75(69,70)71)50(68)33-16-5-4-15-32(33)40-36-27-30-13-8-23-61-25-10-17-34(42(30)61)46(36)74-47-35-18-11-26-62-24-9-14-31(43(35)62)28-37(40)47/h4-5,15-16,27-28,38,44-45,51,65-66H,2-3,6-14,17-26,29H2,1H3,(H6,54,55,59,64,67,68,69,70,71)/t38-,44-,45-,51-/m1/s1. The number of hydrogen-bond acceptors (Lipinski definition) is 15. The van der Waals surface area contributed by atoms with E-state index in [2.05, 4.69) is 57.8 Å². The molecule has 0 spiro atoms. The number of aliphatic hydroxyl groups is 2. The summed E-state index contributed by atoms with van der Waals surface area (Å²) in [7, 11) is -3.34. The molecule has 6 aliphatic heterocycles. The Balaban J connectivity index is 0.707. The molecule has 22 heteroatoms. The van der Waals surface area contributed by atoms with Crippen molar-refractivity contribution in [3.05, 3.63) is 96.3 Å². The molecule has 75 heavy (non-hydrogen) atoms. The molecular weight excluding hydrogens is 984 g/mol. The molecule has 11 rings (SSSR count). The van der Waals surface area contributed by atoms with Gasteiger partial charge in [0.2, 0.25) is 23.2 Å². The molecule has 21 nitrogen and oxygen atoms in total. The molecule has 398 valence electrons. The van der Waals surface area contributed by atoms with Crippen molar-refractivity contribution < 1.29 is 48.2 Å². The van der Waals surface area contributed by atoms with Crippen LogP contribution in [0.1, 0.15) is 114 Å². The van der Waals surface area contributed by atoms with Gasteiger partial charge in [-0.3, -0.25) is 28.5 Å². The number of nitrogens with one attached hydrogen (secondary N) is 3. The van der Waals surface area contributed by atoms with Crippen LogP contribution in [0.2, 0.25) is 0 Å². The first-order valence-corrected chi connectivity index (χ1v) is 28.0. The zero-order valence-corrected chi connectivity index (χ0v) is 43.0. The maximum absolute atomic E-state index is 14.6. The van der Waals surface area contributed by atoms with Crippen LogP contribution in [0.4, 0.5) is 17.6 Å². The van der Waals surface area contributed by atoms with Crippen LogP contribution in [-0.2, 0) is 44.3 Å². The largest absolute Gasteiger partial charge is 0.756 e. The second-order valence-electron chi connectivity index (χ2n) is 20.7. The molecular formula is C53H65N10O11P. The highest BCUT2D eigenvalue weighted by molar-refractivity contribution is 7.44. The van der Waals surface area contributed by atoms with E-state index in [0.29, 0.717) is 38.0 Å². The van der Waals surface area contributed by atoms with Crippen molar-refractivity contribution in [2.75, 3.05) is 75.4 Å². The first-order chi connectivity index (χ1) is 36.2. The van der Waals surface area contributed by atoms with E-state index in [1.165, 1.54) is 37.9 Å². The average Bonchev–Trinajstić information content (AvgIpc) is 3.90. The van der Waals surface area contributed by atoms with E-state index in [9.17, 15) is 34.1 Å². The van der Waals surface area contributed by atoms with Crippen molar-refractivity contribution in [2.24, 2.45) is 0 Å². The number of carbonyl (C=O) groups is 2. The minimum Gasteiger partial charge on any atom is -0.756 e. The number of aromatic nitrogens is 4. The lowest BCUT2D eigenvalue weighted by Crippen LogP contribution is -2.45. The Morgan fingerprint density at radius 2 is 1.69 bits per heavy atom. The minimum absolute atomic E-state index is 0.0496. The number of phosphoric ester groups is 1. The number of nitrogens with zero attached hydrogens (tertiary/aromatic N) is 6. The molecule has 5 aromatic rings. The summed E-state index contributed by atoms with van der Waals surface area (Å²) in [4.78, 5) is 75.8. The number of aryl methyl sites for hydroxylation is 2. The van der Waals surface area contributed by atoms with E-state index in [1.54, 1.807) is 4.90 Å². The van der Waals surface area contributed by atoms with Crippen molar-refractivity contribution >= 4 is 54.0 Å². The van der Waals surface area contributed by atoms with Crippen molar-refractivity contribution in [2.45, 2.75) is 114 Å². The summed E-state index contributed by atoms with van der Waals surface area (Å²) < 4.78 is 32.4. The fourth-order valence-corrected chi connectivity index (χ4v) is 12.5. The van der Waals surface area contributed by atoms with Crippen LogP contribution < -0.4 is 51.6 Å². The third kappa shape index (κ3) is 9.95. The Labute approximate surface area is 432 Å². The fourth-order valence-electron chi connectivity index (χ4n) is 12.2. The number of aliphatic hydroxyl groups excluding tert-OH is 2. The maximum Gasteiger partial charge on any atom is 0.280 e. The lowest BCUT2D eigenvalue weighted by atomic mass is 9.81. The highest BCUT2D eigenvalue weighted by Gasteiger charge is 2.46. The molecule has 5 atom stereocenters. The number of anilines is 3. The van der Waals surface area contributed by atoms with E-state index in [-0.39, 0.29) is 41.3 Å². The lowest BCUT2D eigenvalue weighted by molar-refractivity contribution is -0.222. The molecule has 1 unspecified atom stereocenters. The topological polar surface area (TPSA) is 286 Å². The molecule has 0 saturated carbocycles. The number of carbonyl (C=O) groups excluding carboxylic acids is 2. The van der Waals surface area contributed by atoms with Gasteiger partial charge in [0.15, 0.2) is 17.4 Å². The number of amides is 2. The number of phosphoric acid groups is 1. The van der Waals surface area contributed by atoms with Crippen molar-refractivity contribution in [3.8, 4) is 11.5 Å². The third-order valence-corrected chi connectivity index (χ3v) is 16.1. The van der Waals surface area contributed by atoms with Gasteiger partial charge in [0, 0.05) is 97.8 Å². The van der Waals surface area contributed by atoms with Crippen LogP contribution in [-0.4, -0.2) is 129 Å². The van der Waals surface area contributed by atoms with Gasteiger partial charge in [0.1, 0.15) is 42.9 Å². The minimum atomic E-state index is -5.15. The van der Waals surface area contributed by atoms with Crippen LogP contribution in [0.5, 0.6) is 11.5 Å². The highest BCUT2D eigenvalue weighted by Crippen LogP contribution is 2.49. The van der Waals surface area contributed by atoms with Crippen molar-refractivity contribution in [3.63, 3.8) is 0 Å². The molecule has 1 saturated heterocycles. The monoisotopic (exact) mass is 1050 g/mol. The number of unbranched alkanes of at least 4 members (excludes halogenated alkanes) is 3. The molecule has 0 aliphatic carbocycles. The SMILES string of the molecule is CN(CCCC(=O)NCCCCCCNc1nc2c(=O)[nH]c(N)nc2n1[C@@H]1O[C@H](COP(=O)([O-])O)[C@@H](O)[C@H]1O)C(=O)c1ccccc1C1=c2cc3c4c(c2Oc2c1cc1c5c2CCCN5CCC1)CCC[N+]=4CCC3.